The molecule has 7 heteroatoms. The zero-order valence-corrected chi connectivity index (χ0v) is 13.4. The Hall–Kier alpha value is -2.62. The maximum Gasteiger partial charge on any atom is 0.236 e. The lowest BCUT2D eigenvalue weighted by Crippen LogP contribution is -2.53. The predicted octanol–water partition coefficient (Wildman–Crippen LogP) is 1.54. The average Bonchev–Trinajstić information content (AvgIpc) is 3.02. The Morgan fingerprint density at radius 1 is 1.61 bits per heavy atom. The van der Waals surface area contributed by atoms with Gasteiger partial charge in [0.15, 0.2) is 0 Å². The van der Waals surface area contributed by atoms with Gasteiger partial charge < -0.3 is 14.8 Å². The van der Waals surface area contributed by atoms with Crippen molar-refractivity contribution >= 4 is 22.9 Å². The summed E-state index contributed by atoms with van der Waals surface area (Å²) in [7, 11) is 1.96. The molecule has 1 aliphatic rings. The van der Waals surface area contributed by atoms with Crippen molar-refractivity contribution in [2.45, 2.75) is 25.8 Å². The molecule has 2 unspecified atom stereocenters. The van der Waals surface area contributed by atoms with E-state index in [-0.39, 0.29) is 18.4 Å². The summed E-state index contributed by atoms with van der Waals surface area (Å²) in [6, 6.07) is 4.01. The summed E-state index contributed by atoms with van der Waals surface area (Å²) in [6.45, 7) is 3.49. The minimum atomic E-state index is -0.0986. The van der Waals surface area contributed by atoms with Crippen LogP contribution in [0, 0.1) is 17.2 Å². The quantitative estimate of drug-likeness (QED) is 0.928. The van der Waals surface area contributed by atoms with E-state index in [0.29, 0.717) is 25.0 Å². The number of hydrogen-bond donors (Lipinski definition) is 1. The van der Waals surface area contributed by atoms with Crippen molar-refractivity contribution < 1.29 is 4.79 Å². The van der Waals surface area contributed by atoms with E-state index in [1.54, 1.807) is 11.1 Å². The molecule has 1 aliphatic heterocycles. The average molecular weight is 312 g/mol. The molecule has 3 rings (SSSR count). The van der Waals surface area contributed by atoms with Crippen molar-refractivity contribution in [1.82, 2.24) is 19.9 Å². The number of carbonyl (C=O) groups excluding carboxylic acids is 1. The summed E-state index contributed by atoms with van der Waals surface area (Å²) in [6.07, 6.45) is 4.50. The van der Waals surface area contributed by atoms with Crippen molar-refractivity contribution in [3.63, 3.8) is 0 Å². The minimum absolute atomic E-state index is 0.0598. The van der Waals surface area contributed by atoms with Crippen LogP contribution in [0.3, 0.4) is 0 Å². The molecule has 2 aromatic heterocycles. The Bertz CT molecular complexity index is 748. The number of likely N-dealkylation sites (tertiary alicyclic amines) is 1. The van der Waals surface area contributed by atoms with Crippen LogP contribution in [0.4, 0.5) is 5.95 Å². The maximum absolute atomic E-state index is 12.0. The molecular weight excluding hydrogens is 292 g/mol. The van der Waals surface area contributed by atoms with E-state index in [4.69, 9.17) is 5.26 Å². The normalized spacial score (nSPS) is 21.2. The third kappa shape index (κ3) is 2.97. The molecule has 0 aliphatic carbocycles. The van der Waals surface area contributed by atoms with Crippen molar-refractivity contribution in [2.75, 3.05) is 25.0 Å². The lowest BCUT2D eigenvalue weighted by atomic mass is 9.92. The first-order valence-electron chi connectivity index (χ1n) is 7.78. The first-order chi connectivity index (χ1) is 11.1. The fourth-order valence-corrected chi connectivity index (χ4v) is 3.11. The minimum Gasteiger partial charge on any atom is -0.346 e. The highest BCUT2D eigenvalue weighted by Crippen LogP contribution is 2.25. The van der Waals surface area contributed by atoms with Gasteiger partial charge in [0, 0.05) is 37.9 Å². The number of amides is 1. The number of rotatable bonds is 3. The standard InChI is InChI=1S/C16H20N6O/c1-11-5-8-22(14(23)3-6-17)10-13(11)21(2)16-19-9-12-4-7-18-15(12)20-16/h4,7,9,11,13H,3,5,8,10H2,1-2H3,(H,18,19,20). The van der Waals surface area contributed by atoms with Crippen LogP contribution in [-0.4, -0.2) is 51.9 Å². The van der Waals surface area contributed by atoms with Gasteiger partial charge in [-0.15, -0.1) is 0 Å². The first-order valence-corrected chi connectivity index (χ1v) is 7.78. The number of H-pyrrole nitrogens is 1. The fraction of sp³-hybridized carbons (Fsp3) is 0.500. The molecule has 0 spiro atoms. The molecule has 0 aromatic carbocycles. The lowest BCUT2D eigenvalue weighted by Gasteiger charge is -2.41. The van der Waals surface area contributed by atoms with Crippen LogP contribution < -0.4 is 4.90 Å². The Morgan fingerprint density at radius 3 is 3.22 bits per heavy atom. The second-order valence-corrected chi connectivity index (χ2v) is 6.07. The fourth-order valence-electron chi connectivity index (χ4n) is 3.11. The molecule has 2 atom stereocenters. The monoisotopic (exact) mass is 312 g/mol. The highest BCUT2D eigenvalue weighted by molar-refractivity contribution is 5.78. The van der Waals surface area contributed by atoms with Crippen LogP contribution in [-0.2, 0) is 4.79 Å². The summed E-state index contributed by atoms with van der Waals surface area (Å²) in [5, 5.41) is 9.70. The molecule has 23 heavy (non-hydrogen) atoms. The van der Waals surface area contributed by atoms with Gasteiger partial charge in [0.1, 0.15) is 12.1 Å². The summed E-state index contributed by atoms with van der Waals surface area (Å²) in [5.74, 6) is 0.971. The number of carbonyl (C=O) groups is 1. The number of nitrogens with zero attached hydrogens (tertiary/aromatic N) is 5. The van der Waals surface area contributed by atoms with Crippen molar-refractivity contribution in [2.24, 2.45) is 5.92 Å². The van der Waals surface area contributed by atoms with Crippen LogP contribution in [0.5, 0.6) is 0 Å². The lowest BCUT2D eigenvalue weighted by molar-refractivity contribution is -0.131. The third-order valence-corrected chi connectivity index (χ3v) is 4.60. The van der Waals surface area contributed by atoms with Crippen LogP contribution >= 0.6 is 0 Å². The van der Waals surface area contributed by atoms with Gasteiger partial charge in [-0.05, 0) is 18.4 Å². The number of likely N-dealkylation sites (N-methyl/N-ethyl adjacent to an activating group) is 1. The zero-order chi connectivity index (χ0) is 16.4. The Kier molecular flexibility index (Phi) is 4.15. The first kappa shape index (κ1) is 15.3. The number of nitrogens with one attached hydrogen (secondary N) is 1. The predicted molar refractivity (Wildman–Crippen MR) is 86.7 cm³/mol. The van der Waals surface area contributed by atoms with E-state index in [2.05, 4.69) is 21.9 Å². The number of nitriles is 1. The van der Waals surface area contributed by atoms with Crippen LogP contribution in [0.2, 0.25) is 0 Å². The van der Waals surface area contributed by atoms with Gasteiger partial charge in [-0.25, -0.2) is 4.98 Å². The number of anilines is 1. The highest BCUT2D eigenvalue weighted by Gasteiger charge is 2.32. The van der Waals surface area contributed by atoms with Gasteiger partial charge in [0.05, 0.1) is 12.1 Å². The van der Waals surface area contributed by atoms with E-state index >= 15 is 0 Å². The molecule has 120 valence electrons. The zero-order valence-electron chi connectivity index (χ0n) is 13.4. The van der Waals surface area contributed by atoms with Gasteiger partial charge in [0.25, 0.3) is 0 Å². The summed E-state index contributed by atoms with van der Waals surface area (Å²) in [5.41, 5.74) is 0.808. The molecular formula is C16H20N6O. The van der Waals surface area contributed by atoms with Crippen molar-refractivity contribution in [3.05, 3.63) is 18.5 Å². The Morgan fingerprint density at radius 2 is 2.43 bits per heavy atom. The largest absolute Gasteiger partial charge is 0.346 e. The number of hydrogen-bond acceptors (Lipinski definition) is 5. The van der Waals surface area contributed by atoms with Gasteiger partial charge in [-0.1, -0.05) is 6.92 Å². The van der Waals surface area contributed by atoms with Gasteiger partial charge in [-0.2, -0.15) is 10.2 Å². The molecule has 0 bridgehead atoms. The van der Waals surface area contributed by atoms with E-state index in [1.807, 2.05) is 30.3 Å². The highest BCUT2D eigenvalue weighted by atomic mass is 16.2. The molecule has 0 saturated carbocycles. The number of aromatic nitrogens is 3. The van der Waals surface area contributed by atoms with E-state index < -0.39 is 0 Å². The molecule has 1 saturated heterocycles. The van der Waals surface area contributed by atoms with Crippen LogP contribution in [0.15, 0.2) is 18.5 Å². The Balaban J connectivity index is 1.80. The Labute approximate surface area is 134 Å². The van der Waals surface area contributed by atoms with Crippen molar-refractivity contribution in [1.29, 1.82) is 5.26 Å². The van der Waals surface area contributed by atoms with Gasteiger partial charge in [-0.3, -0.25) is 4.79 Å². The maximum atomic E-state index is 12.0. The molecule has 1 N–H and O–H groups in total. The number of fused-ring (bicyclic) bond motifs is 1. The molecule has 1 fully saturated rings. The molecule has 7 nitrogen and oxygen atoms in total. The molecule has 1 amide bonds. The van der Waals surface area contributed by atoms with Crippen LogP contribution in [0.1, 0.15) is 19.8 Å². The second kappa shape index (κ2) is 6.24. The van der Waals surface area contributed by atoms with Gasteiger partial charge >= 0.3 is 0 Å². The third-order valence-electron chi connectivity index (χ3n) is 4.60. The van der Waals surface area contributed by atoms with Gasteiger partial charge in [0.2, 0.25) is 11.9 Å². The van der Waals surface area contributed by atoms with E-state index in [0.717, 1.165) is 17.5 Å². The number of aromatic amines is 1. The number of piperidine rings is 1. The molecule has 0 radical (unpaired) electrons. The van der Waals surface area contributed by atoms with Crippen molar-refractivity contribution in [3.8, 4) is 6.07 Å². The smallest absolute Gasteiger partial charge is 0.236 e. The van der Waals surface area contributed by atoms with E-state index in [9.17, 15) is 4.79 Å². The SMILES string of the molecule is CC1CCN(C(=O)CC#N)CC1N(C)c1ncc2cc[nH]c2n1. The summed E-state index contributed by atoms with van der Waals surface area (Å²) < 4.78 is 0. The van der Waals surface area contributed by atoms with E-state index in [1.165, 1.54) is 0 Å². The second-order valence-electron chi connectivity index (χ2n) is 6.07. The topological polar surface area (TPSA) is 88.9 Å². The van der Waals surface area contributed by atoms with Crippen LogP contribution in [0.25, 0.3) is 11.0 Å². The molecule has 3 heterocycles. The summed E-state index contributed by atoms with van der Waals surface area (Å²) >= 11 is 0. The molecule has 2 aromatic rings. The summed E-state index contributed by atoms with van der Waals surface area (Å²) in [4.78, 5) is 27.9.